The first-order valence-electron chi connectivity index (χ1n) is 4.72. The molecule has 13 heavy (non-hydrogen) atoms. The lowest BCUT2D eigenvalue weighted by Crippen LogP contribution is -2.34. The summed E-state index contributed by atoms with van der Waals surface area (Å²) in [4.78, 5) is 9.76. The van der Waals surface area contributed by atoms with E-state index in [2.05, 4.69) is 27.2 Å². The average Bonchev–Trinajstić information content (AvgIpc) is 2.72. The summed E-state index contributed by atoms with van der Waals surface area (Å²) in [6.45, 7) is 4.21. The lowest BCUT2D eigenvalue weighted by Gasteiger charge is -2.22. The van der Waals surface area contributed by atoms with Gasteiger partial charge in [0.05, 0.1) is 0 Å². The minimum absolute atomic E-state index is 0.588. The Morgan fingerprint density at radius 2 is 2.46 bits per heavy atom. The lowest BCUT2D eigenvalue weighted by molar-refractivity contribution is 0.671. The quantitative estimate of drug-likeness (QED) is 0.697. The average molecular weight is 180 g/mol. The van der Waals surface area contributed by atoms with Gasteiger partial charge in [0, 0.05) is 31.5 Å². The van der Waals surface area contributed by atoms with E-state index in [1.807, 2.05) is 13.1 Å². The number of imidazole rings is 1. The van der Waals surface area contributed by atoms with Gasteiger partial charge in [-0.3, -0.25) is 0 Å². The van der Waals surface area contributed by atoms with Gasteiger partial charge in [-0.05, 0) is 19.9 Å². The molecule has 4 nitrogen and oxygen atoms in total. The van der Waals surface area contributed by atoms with E-state index < -0.39 is 0 Å². The number of hydrogen-bond acceptors (Lipinski definition) is 3. The summed E-state index contributed by atoms with van der Waals surface area (Å²) >= 11 is 0. The summed E-state index contributed by atoms with van der Waals surface area (Å²) in [6, 6.07) is 0.588. The van der Waals surface area contributed by atoms with E-state index in [4.69, 9.17) is 0 Å². The molecular formula is C9H16N4. The summed E-state index contributed by atoms with van der Waals surface area (Å²) < 4.78 is 0. The number of likely N-dealkylation sites (N-methyl/N-ethyl adjacent to an activating group) is 1. The largest absolute Gasteiger partial charge is 0.341 e. The molecule has 0 bridgehead atoms. The minimum Gasteiger partial charge on any atom is -0.341 e. The second kappa shape index (κ2) is 3.38. The number of hydrogen-bond donors (Lipinski definition) is 2. The molecule has 4 heteroatoms. The molecule has 1 aromatic heterocycles. The van der Waals surface area contributed by atoms with Crippen molar-refractivity contribution in [3.05, 3.63) is 11.9 Å². The van der Waals surface area contributed by atoms with Crippen LogP contribution in [0, 0.1) is 6.92 Å². The first-order chi connectivity index (χ1) is 6.27. The fraction of sp³-hybridized carbons (Fsp3) is 0.667. The van der Waals surface area contributed by atoms with Crippen molar-refractivity contribution in [2.45, 2.75) is 19.4 Å². The van der Waals surface area contributed by atoms with Gasteiger partial charge in [-0.15, -0.1) is 0 Å². The highest BCUT2D eigenvalue weighted by atomic mass is 15.3. The van der Waals surface area contributed by atoms with Gasteiger partial charge in [0.2, 0.25) is 5.95 Å². The third-order valence-corrected chi connectivity index (χ3v) is 2.61. The van der Waals surface area contributed by atoms with Crippen molar-refractivity contribution in [2.75, 3.05) is 25.0 Å². The third kappa shape index (κ3) is 1.67. The maximum absolute atomic E-state index is 4.30. The first-order valence-corrected chi connectivity index (χ1v) is 4.72. The zero-order chi connectivity index (χ0) is 9.26. The Bertz CT molecular complexity index is 275. The monoisotopic (exact) mass is 180 g/mol. The zero-order valence-electron chi connectivity index (χ0n) is 8.17. The lowest BCUT2D eigenvalue weighted by atomic mass is 10.2. The maximum atomic E-state index is 4.30. The van der Waals surface area contributed by atoms with Crippen LogP contribution in [0.1, 0.15) is 12.1 Å². The molecule has 2 rings (SSSR count). The molecule has 0 aliphatic carbocycles. The molecule has 1 aromatic rings. The molecular weight excluding hydrogens is 164 g/mol. The van der Waals surface area contributed by atoms with Crippen LogP contribution in [-0.2, 0) is 0 Å². The minimum atomic E-state index is 0.588. The van der Waals surface area contributed by atoms with Gasteiger partial charge in [-0.25, -0.2) is 4.98 Å². The predicted octanol–water partition coefficient (Wildman–Crippen LogP) is 0.516. The predicted molar refractivity (Wildman–Crippen MR) is 53.0 cm³/mol. The van der Waals surface area contributed by atoms with Gasteiger partial charge < -0.3 is 15.2 Å². The van der Waals surface area contributed by atoms with Gasteiger partial charge >= 0.3 is 0 Å². The van der Waals surface area contributed by atoms with Crippen molar-refractivity contribution >= 4 is 5.95 Å². The Hall–Kier alpha value is -1.03. The highest BCUT2D eigenvalue weighted by molar-refractivity contribution is 5.32. The van der Waals surface area contributed by atoms with Crippen molar-refractivity contribution in [3.63, 3.8) is 0 Å². The van der Waals surface area contributed by atoms with E-state index >= 15 is 0 Å². The highest BCUT2D eigenvalue weighted by Gasteiger charge is 2.20. The van der Waals surface area contributed by atoms with Gasteiger partial charge in [-0.1, -0.05) is 0 Å². The molecule has 1 saturated heterocycles. The Kier molecular flexibility index (Phi) is 2.22. The Morgan fingerprint density at radius 3 is 3.00 bits per heavy atom. The van der Waals surface area contributed by atoms with E-state index in [-0.39, 0.29) is 0 Å². The molecule has 1 unspecified atom stereocenters. The maximum Gasteiger partial charge on any atom is 0.202 e. The number of aryl methyl sites for hydroxylation is 1. The van der Waals surface area contributed by atoms with E-state index in [0.717, 1.165) is 24.7 Å². The van der Waals surface area contributed by atoms with Crippen LogP contribution in [-0.4, -0.2) is 36.1 Å². The van der Waals surface area contributed by atoms with E-state index in [1.165, 1.54) is 6.42 Å². The number of H-pyrrole nitrogens is 1. The highest BCUT2D eigenvalue weighted by Crippen LogP contribution is 2.13. The molecule has 0 amide bonds. The van der Waals surface area contributed by atoms with Crippen molar-refractivity contribution in [3.8, 4) is 0 Å². The fourth-order valence-corrected chi connectivity index (χ4v) is 1.72. The molecule has 1 aliphatic rings. The van der Waals surface area contributed by atoms with Crippen molar-refractivity contribution in [2.24, 2.45) is 0 Å². The van der Waals surface area contributed by atoms with Crippen LogP contribution >= 0.6 is 0 Å². The topological polar surface area (TPSA) is 44.0 Å². The van der Waals surface area contributed by atoms with Crippen LogP contribution in [0.5, 0.6) is 0 Å². The third-order valence-electron chi connectivity index (χ3n) is 2.61. The number of nitrogens with zero attached hydrogens (tertiary/aromatic N) is 2. The van der Waals surface area contributed by atoms with Crippen LogP contribution in [0.3, 0.4) is 0 Å². The molecule has 1 atom stereocenters. The summed E-state index contributed by atoms with van der Waals surface area (Å²) in [6.07, 6.45) is 3.07. The Morgan fingerprint density at radius 1 is 1.62 bits per heavy atom. The number of anilines is 1. The van der Waals surface area contributed by atoms with Crippen molar-refractivity contribution in [1.82, 2.24) is 15.3 Å². The summed E-state index contributed by atoms with van der Waals surface area (Å²) in [7, 11) is 2.09. The van der Waals surface area contributed by atoms with Crippen LogP contribution in [0.15, 0.2) is 6.20 Å². The summed E-state index contributed by atoms with van der Waals surface area (Å²) in [5, 5.41) is 3.35. The summed E-state index contributed by atoms with van der Waals surface area (Å²) in [5.41, 5.74) is 1.12. The Balaban J connectivity index is 2.07. The fourth-order valence-electron chi connectivity index (χ4n) is 1.72. The molecule has 0 spiro atoms. The number of aromatic nitrogens is 2. The van der Waals surface area contributed by atoms with Crippen LogP contribution in [0.25, 0.3) is 0 Å². The molecule has 1 aliphatic heterocycles. The molecule has 2 heterocycles. The number of aromatic amines is 1. The summed E-state index contributed by atoms with van der Waals surface area (Å²) in [5.74, 6) is 0.978. The molecule has 72 valence electrons. The van der Waals surface area contributed by atoms with Gasteiger partial charge in [0.15, 0.2) is 0 Å². The SMILES string of the molecule is Cc1cnc(N(C)C2CCNC2)[nH]1. The van der Waals surface area contributed by atoms with E-state index in [9.17, 15) is 0 Å². The smallest absolute Gasteiger partial charge is 0.202 e. The van der Waals surface area contributed by atoms with Gasteiger partial charge in [-0.2, -0.15) is 0 Å². The van der Waals surface area contributed by atoms with Gasteiger partial charge in [0.1, 0.15) is 0 Å². The zero-order valence-corrected chi connectivity index (χ0v) is 8.17. The number of nitrogens with one attached hydrogen (secondary N) is 2. The normalized spacial score (nSPS) is 22.2. The molecule has 0 saturated carbocycles. The van der Waals surface area contributed by atoms with E-state index in [1.54, 1.807) is 0 Å². The van der Waals surface area contributed by atoms with Gasteiger partial charge in [0.25, 0.3) is 0 Å². The molecule has 0 aromatic carbocycles. The van der Waals surface area contributed by atoms with E-state index in [0.29, 0.717) is 6.04 Å². The molecule has 1 fully saturated rings. The van der Waals surface area contributed by atoms with Crippen LogP contribution in [0.2, 0.25) is 0 Å². The van der Waals surface area contributed by atoms with Crippen LogP contribution in [0.4, 0.5) is 5.95 Å². The number of rotatable bonds is 2. The second-order valence-corrected chi connectivity index (χ2v) is 3.65. The van der Waals surface area contributed by atoms with Crippen molar-refractivity contribution < 1.29 is 0 Å². The standard InChI is InChI=1S/C9H16N4/c1-7-5-11-9(12-7)13(2)8-3-4-10-6-8/h5,8,10H,3-4,6H2,1-2H3,(H,11,12). The Labute approximate surface area is 78.4 Å². The molecule has 0 radical (unpaired) electrons. The second-order valence-electron chi connectivity index (χ2n) is 3.65. The molecule has 2 N–H and O–H groups in total. The van der Waals surface area contributed by atoms with Crippen LogP contribution < -0.4 is 10.2 Å². The van der Waals surface area contributed by atoms with Crippen molar-refractivity contribution in [1.29, 1.82) is 0 Å². The first kappa shape index (κ1) is 8.56.